The van der Waals surface area contributed by atoms with Gasteiger partial charge in [-0.05, 0) is 57.7 Å². The summed E-state index contributed by atoms with van der Waals surface area (Å²) in [6, 6.07) is 8.70. The van der Waals surface area contributed by atoms with Gasteiger partial charge < -0.3 is 20.1 Å². The highest BCUT2D eigenvalue weighted by molar-refractivity contribution is 5.83. The number of nitrogens with one attached hydrogen (secondary N) is 2. The number of rotatable bonds is 4. The van der Waals surface area contributed by atoms with Crippen molar-refractivity contribution in [1.29, 1.82) is 0 Å². The van der Waals surface area contributed by atoms with Crippen molar-refractivity contribution in [2.45, 2.75) is 51.3 Å². The Morgan fingerprint density at radius 2 is 2.07 bits per heavy atom. The van der Waals surface area contributed by atoms with E-state index in [4.69, 9.17) is 4.74 Å². The number of hydrogen-bond donors (Lipinski definition) is 3. The monoisotopic (exact) mass is 373 g/mol. The van der Waals surface area contributed by atoms with Crippen LogP contribution in [0.5, 0.6) is 0 Å². The zero-order chi connectivity index (χ0) is 19.6. The van der Waals surface area contributed by atoms with Gasteiger partial charge in [-0.2, -0.15) is 0 Å². The molecular weight excluding hydrogens is 346 g/mol. The number of carbonyl (C=O) groups excluding carboxylic acids is 1. The van der Waals surface area contributed by atoms with E-state index in [0.29, 0.717) is 18.8 Å². The molecule has 1 aliphatic rings. The SMILES string of the molecule is CC(C)(C)OC(=O)N[C@H]1CCCN([C@H](C(=O)O)c2cc3ccccc3[nH]2)C1. The molecule has 0 unspecified atom stereocenters. The Kier molecular flexibility index (Phi) is 5.41. The summed E-state index contributed by atoms with van der Waals surface area (Å²) in [7, 11) is 0. The molecule has 146 valence electrons. The van der Waals surface area contributed by atoms with E-state index in [-0.39, 0.29) is 6.04 Å². The number of amides is 1. The molecule has 7 heteroatoms. The molecule has 1 saturated heterocycles. The van der Waals surface area contributed by atoms with Crippen molar-refractivity contribution in [3.8, 4) is 0 Å². The summed E-state index contributed by atoms with van der Waals surface area (Å²) in [4.78, 5) is 29.2. The highest BCUT2D eigenvalue weighted by Crippen LogP contribution is 2.27. The van der Waals surface area contributed by atoms with Crippen LogP contribution in [0.15, 0.2) is 30.3 Å². The van der Waals surface area contributed by atoms with E-state index in [1.165, 1.54) is 0 Å². The van der Waals surface area contributed by atoms with Gasteiger partial charge >= 0.3 is 12.1 Å². The molecule has 0 aliphatic carbocycles. The van der Waals surface area contributed by atoms with Crippen LogP contribution in [-0.2, 0) is 9.53 Å². The molecular formula is C20H27N3O4. The summed E-state index contributed by atoms with van der Waals surface area (Å²) < 4.78 is 5.32. The Hall–Kier alpha value is -2.54. The number of aromatic amines is 1. The van der Waals surface area contributed by atoms with Crippen molar-refractivity contribution in [1.82, 2.24) is 15.2 Å². The summed E-state index contributed by atoms with van der Waals surface area (Å²) in [6.45, 7) is 6.58. The van der Waals surface area contributed by atoms with E-state index in [1.807, 2.05) is 56.0 Å². The van der Waals surface area contributed by atoms with Crippen molar-refractivity contribution in [3.63, 3.8) is 0 Å². The van der Waals surface area contributed by atoms with E-state index in [0.717, 1.165) is 23.7 Å². The molecule has 1 fully saturated rings. The Morgan fingerprint density at radius 3 is 2.74 bits per heavy atom. The third-order valence-corrected chi connectivity index (χ3v) is 4.62. The number of likely N-dealkylation sites (tertiary alicyclic amines) is 1. The van der Waals surface area contributed by atoms with Crippen LogP contribution >= 0.6 is 0 Å². The molecule has 7 nitrogen and oxygen atoms in total. The smallest absolute Gasteiger partial charge is 0.407 e. The second-order valence-electron chi connectivity index (χ2n) is 8.03. The van der Waals surface area contributed by atoms with Gasteiger partial charge in [0.05, 0.1) is 0 Å². The molecule has 2 aromatic rings. The van der Waals surface area contributed by atoms with Gasteiger partial charge in [-0.15, -0.1) is 0 Å². The van der Waals surface area contributed by atoms with Crippen molar-refractivity contribution in [2.24, 2.45) is 0 Å². The fourth-order valence-electron chi connectivity index (χ4n) is 3.56. The molecule has 2 heterocycles. The number of carboxylic acids is 1. The number of H-pyrrole nitrogens is 1. The number of benzene rings is 1. The second-order valence-corrected chi connectivity index (χ2v) is 8.03. The van der Waals surface area contributed by atoms with Crippen LogP contribution in [0.25, 0.3) is 10.9 Å². The summed E-state index contributed by atoms with van der Waals surface area (Å²) in [5.74, 6) is -0.903. The number of ether oxygens (including phenoxy) is 1. The lowest BCUT2D eigenvalue weighted by Crippen LogP contribution is -2.50. The Labute approximate surface area is 158 Å². The fourth-order valence-corrected chi connectivity index (χ4v) is 3.56. The number of hydrogen-bond acceptors (Lipinski definition) is 4. The highest BCUT2D eigenvalue weighted by atomic mass is 16.6. The molecule has 0 saturated carbocycles. The summed E-state index contributed by atoms with van der Waals surface area (Å²) in [5, 5.41) is 13.7. The zero-order valence-electron chi connectivity index (χ0n) is 16.0. The third kappa shape index (κ3) is 4.80. The number of alkyl carbamates (subject to hydrolysis) is 1. The van der Waals surface area contributed by atoms with E-state index in [9.17, 15) is 14.7 Å². The van der Waals surface area contributed by atoms with Crippen LogP contribution in [0.1, 0.15) is 45.3 Å². The van der Waals surface area contributed by atoms with Crippen LogP contribution in [-0.4, -0.2) is 51.8 Å². The first-order chi connectivity index (χ1) is 12.7. The maximum absolute atomic E-state index is 12.1. The van der Waals surface area contributed by atoms with Gasteiger partial charge in [0.15, 0.2) is 0 Å². The predicted octanol–water partition coefficient (Wildman–Crippen LogP) is 3.28. The predicted molar refractivity (Wildman–Crippen MR) is 103 cm³/mol. The largest absolute Gasteiger partial charge is 0.480 e. The highest BCUT2D eigenvalue weighted by Gasteiger charge is 2.33. The van der Waals surface area contributed by atoms with Gasteiger partial charge in [0.25, 0.3) is 0 Å². The fraction of sp³-hybridized carbons (Fsp3) is 0.500. The quantitative estimate of drug-likeness (QED) is 0.764. The summed E-state index contributed by atoms with van der Waals surface area (Å²) >= 11 is 0. The van der Waals surface area contributed by atoms with Crippen LogP contribution in [0, 0.1) is 0 Å². The molecule has 0 spiro atoms. The lowest BCUT2D eigenvalue weighted by molar-refractivity contribution is -0.144. The van der Waals surface area contributed by atoms with E-state index in [1.54, 1.807) is 0 Å². The standard InChI is InChI=1S/C20H27N3O4/c1-20(2,3)27-19(26)21-14-8-6-10-23(12-14)17(18(24)25)16-11-13-7-4-5-9-15(13)22-16/h4-5,7,9,11,14,17,22H,6,8,10,12H2,1-3H3,(H,21,26)(H,24,25)/t14-,17-/m0/s1. The number of carboxylic acid groups (broad SMARTS) is 1. The molecule has 0 radical (unpaired) electrons. The van der Waals surface area contributed by atoms with Gasteiger partial charge in [-0.25, -0.2) is 4.79 Å². The molecule has 1 aromatic carbocycles. The van der Waals surface area contributed by atoms with Crippen molar-refractivity contribution < 1.29 is 19.4 Å². The number of nitrogens with zero attached hydrogens (tertiary/aromatic N) is 1. The summed E-state index contributed by atoms with van der Waals surface area (Å²) in [6.07, 6.45) is 1.14. The van der Waals surface area contributed by atoms with Gasteiger partial charge in [0.1, 0.15) is 11.6 Å². The van der Waals surface area contributed by atoms with E-state index >= 15 is 0 Å². The number of aliphatic carboxylic acids is 1. The normalized spacial score (nSPS) is 19.6. The first kappa shape index (κ1) is 19.2. The minimum absolute atomic E-state index is 0.139. The van der Waals surface area contributed by atoms with Crippen LogP contribution < -0.4 is 5.32 Å². The maximum atomic E-state index is 12.1. The van der Waals surface area contributed by atoms with E-state index < -0.39 is 23.7 Å². The molecule has 3 N–H and O–H groups in total. The number of piperidine rings is 1. The Bertz CT molecular complexity index is 791. The van der Waals surface area contributed by atoms with Crippen molar-refractivity contribution in [2.75, 3.05) is 13.1 Å². The lowest BCUT2D eigenvalue weighted by atomic mass is 10.0. The molecule has 0 bridgehead atoms. The van der Waals surface area contributed by atoms with Crippen LogP contribution in [0.4, 0.5) is 4.79 Å². The maximum Gasteiger partial charge on any atom is 0.407 e. The number of fused-ring (bicyclic) bond motifs is 1. The minimum Gasteiger partial charge on any atom is -0.480 e. The molecule has 27 heavy (non-hydrogen) atoms. The first-order valence-corrected chi connectivity index (χ1v) is 9.27. The van der Waals surface area contributed by atoms with Crippen LogP contribution in [0.2, 0.25) is 0 Å². The van der Waals surface area contributed by atoms with Gasteiger partial charge in [-0.3, -0.25) is 9.69 Å². The van der Waals surface area contributed by atoms with Crippen LogP contribution in [0.3, 0.4) is 0 Å². The van der Waals surface area contributed by atoms with E-state index in [2.05, 4.69) is 10.3 Å². The topological polar surface area (TPSA) is 94.7 Å². The second kappa shape index (κ2) is 7.60. The molecule has 2 atom stereocenters. The first-order valence-electron chi connectivity index (χ1n) is 9.27. The van der Waals surface area contributed by atoms with Gasteiger partial charge in [0.2, 0.25) is 0 Å². The molecule has 1 aromatic heterocycles. The zero-order valence-corrected chi connectivity index (χ0v) is 16.0. The molecule has 1 amide bonds. The van der Waals surface area contributed by atoms with Gasteiger partial charge in [0, 0.05) is 23.8 Å². The van der Waals surface area contributed by atoms with Gasteiger partial charge in [-0.1, -0.05) is 18.2 Å². The third-order valence-electron chi connectivity index (χ3n) is 4.62. The average molecular weight is 373 g/mol. The lowest BCUT2D eigenvalue weighted by Gasteiger charge is -2.36. The number of aromatic nitrogens is 1. The Morgan fingerprint density at radius 1 is 1.33 bits per heavy atom. The Balaban J connectivity index is 1.74. The summed E-state index contributed by atoms with van der Waals surface area (Å²) in [5.41, 5.74) is 1.01. The molecule has 3 rings (SSSR count). The average Bonchev–Trinajstić information content (AvgIpc) is 2.96. The molecule has 1 aliphatic heterocycles. The number of para-hydroxylation sites is 1. The number of carbonyl (C=O) groups is 2. The van der Waals surface area contributed by atoms with Crippen molar-refractivity contribution >= 4 is 23.0 Å². The van der Waals surface area contributed by atoms with Crippen molar-refractivity contribution in [3.05, 3.63) is 36.0 Å². The minimum atomic E-state index is -0.903.